The number of anilines is 1. The summed E-state index contributed by atoms with van der Waals surface area (Å²) in [5, 5.41) is 14.0. The Balaban J connectivity index is 3.05. The van der Waals surface area contributed by atoms with Gasteiger partial charge in [0, 0.05) is 23.9 Å². The minimum absolute atomic E-state index is 0.00648. The molecule has 0 aliphatic carbocycles. The highest BCUT2D eigenvalue weighted by Crippen LogP contribution is 2.31. The van der Waals surface area contributed by atoms with E-state index in [2.05, 4.69) is 5.32 Å². The van der Waals surface area contributed by atoms with Gasteiger partial charge in [-0.3, -0.25) is 10.1 Å². The van der Waals surface area contributed by atoms with Gasteiger partial charge in [-0.2, -0.15) is 0 Å². The van der Waals surface area contributed by atoms with E-state index in [1.165, 1.54) is 6.07 Å². The molecule has 0 radical (unpaired) electrons. The molecule has 94 valence electrons. The van der Waals surface area contributed by atoms with E-state index in [0.717, 1.165) is 5.69 Å². The Morgan fingerprint density at radius 1 is 1.29 bits per heavy atom. The van der Waals surface area contributed by atoms with Crippen molar-refractivity contribution in [2.24, 2.45) is 0 Å². The van der Waals surface area contributed by atoms with Gasteiger partial charge in [0.1, 0.15) is 0 Å². The number of ether oxygens (including phenoxy) is 1. The highest BCUT2D eigenvalue weighted by Gasteiger charge is 2.16. The van der Waals surface area contributed by atoms with Crippen molar-refractivity contribution in [1.82, 2.24) is 0 Å². The third-order valence-electron chi connectivity index (χ3n) is 1.97. The summed E-state index contributed by atoms with van der Waals surface area (Å²) in [5.41, 5.74) is 0.814. The van der Waals surface area contributed by atoms with E-state index < -0.39 is 4.92 Å². The van der Waals surface area contributed by atoms with Gasteiger partial charge in [0.2, 0.25) is 0 Å². The average Bonchev–Trinajstić information content (AvgIpc) is 2.15. The van der Waals surface area contributed by atoms with Gasteiger partial charge in [0.25, 0.3) is 0 Å². The molecule has 0 aromatic heterocycles. The van der Waals surface area contributed by atoms with Crippen molar-refractivity contribution in [3.8, 4) is 5.75 Å². The molecule has 0 atom stereocenters. The van der Waals surface area contributed by atoms with Crippen LogP contribution in [0.3, 0.4) is 0 Å². The summed E-state index contributed by atoms with van der Waals surface area (Å²) in [6.45, 7) is 7.69. The molecule has 0 aliphatic rings. The molecule has 0 unspecified atom stereocenters. The van der Waals surface area contributed by atoms with Gasteiger partial charge >= 0.3 is 5.69 Å². The van der Waals surface area contributed by atoms with Crippen molar-refractivity contribution in [2.75, 3.05) is 5.32 Å². The molecule has 5 heteroatoms. The maximum atomic E-state index is 10.8. The Bertz CT molecular complexity index is 403. The lowest BCUT2D eigenvalue weighted by Gasteiger charge is -2.14. The molecule has 0 aliphatic heterocycles. The van der Waals surface area contributed by atoms with Crippen LogP contribution in [0.4, 0.5) is 11.4 Å². The second-order valence-corrected chi connectivity index (χ2v) is 4.41. The van der Waals surface area contributed by atoms with Crippen LogP contribution in [0.5, 0.6) is 5.75 Å². The van der Waals surface area contributed by atoms with E-state index in [4.69, 9.17) is 4.74 Å². The van der Waals surface area contributed by atoms with E-state index in [1.54, 1.807) is 12.1 Å². The second-order valence-electron chi connectivity index (χ2n) is 4.41. The zero-order valence-corrected chi connectivity index (χ0v) is 10.6. The van der Waals surface area contributed by atoms with Gasteiger partial charge in [-0.25, -0.2) is 0 Å². The summed E-state index contributed by atoms with van der Waals surface area (Å²) in [4.78, 5) is 10.4. The molecule has 1 aromatic rings. The summed E-state index contributed by atoms with van der Waals surface area (Å²) in [6, 6.07) is 5.08. The van der Waals surface area contributed by atoms with E-state index in [1.807, 2.05) is 27.7 Å². The summed E-state index contributed by atoms with van der Waals surface area (Å²) in [5.74, 6) is 0.302. The van der Waals surface area contributed by atoms with E-state index in [9.17, 15) is 10.1 Å². The van der Waals surface area contributed by atoms with Crippen LogP contribution in [0, 0.1) is 10.1 Å². The Hall–Kier alpha value is -1.78. The number of hydrogen-bond donors (Lipinski definition) is 1. The topological polar surface area (TPSA) is 64.4 Å². The molecule has 0 spiro atoms. The Morgan fingerprint density at radius 2 is 1.94 bits per heavy atom. The number of hydrogen-bond acceptors (Lipinski definition) is 4. The number of nitrogens with one attached hydrogen (secondary N) is 1. The van der Waals surface area contributed by atoms with Crippen LogP contribution in [0.25, 0.3) is 0 Å². The number of nitro groups is 1. The number of nitrogens with zero attached hydrogens (tertiary/aromatic N) is 1. The third-order valence-corrected chi connectivity index (χ3v) is 1.97. The van der Waals surface area contributed by atoms with Gasteiger partial charge < -0.3 is 10.1 Å². The molecule has 0 heterocycles. The molecule has 0 amide bonds. The minimum atomic E-state index is -0.434. The van der Waals surface area contributed by atoms with Gasteiger partial charge in [-0.1, -0.05) is 0 Å². The molecule has 1 aromatic carbocycles. The zero-order chi connectivity index (χ0) is 13.0. The predicted octanol–water partition coefficient (Wildman–Crippen LogP) is 3.20. The Morgan fingerprint density at radius 3 is 2.41 bits per heavy atom. The number of nitro benzene ring substituents is 1. The van der Waals surface area contributed by atoms with Gasteiger partial charge in [0.15, 0.2) is 5.75 Å². The summed E-state index contributed by atoms with van der Waals surface area (Å²) >= 11 is 0. The molecule has 5 nitrogen and oxygen atoms in total. The molecular formula is C12H18N2O3. The quantitative estimate of drug-likeness (QED) is 0.632. The molecule has 0 saturated carbocycles. The standard InChI is InChI=1S/C12H18N2O3/c1-8(2)13-10-5-6-11(14(15)16)12(7-10)17-9(3)4/h5-9,13H,1-4H3. The molecular weight excluding hydrogens is 220 g/mol. The third kappa shape index (κ3) is 3.94. The average molecular weight is 238 g/mol. The highest BCUT2D eigenvalue weighted by molar-refractivity contribution is 5.58. The highest BCUT2D eigenvalue weighted by atomic mass is 16.6. The van der Waals surface area contributed by atoms with Crippen LogP contribution in [0.15, 0.2) is 18.2 Å². The van der Waals surface area contributed by atoms with Crippen LogP contribution in [-0.2, 0) is 0 Å². The predicted molar refractivity (Wildman–Crippen MR) is 67.6 cm³/mol. The van der Waals surface area contributed by atoms with Gasteiger partial charge in [-0.15, -0.1) is 0 Å². The Labute approximate surface area is 101 Å². The van der Waals surface area contributed by atoms with Crippen molar-refractivity contribution >= 4 is 11.4 Å². The lowest BCUT2D eigenvalue weighted by atomic mass is 10.2. The van der Waals surface area contributed by atoms with Crippen molar-refractivity contribution in [3.63, 3.8) is 0 Å². The van der Waals surface area contributed by atoms with Crippen LogP contribution in [0.2, 0.25) is 0 Å². The van der Waals surface area contributed by atoms with E-state index in [-0.39, 0.29) is 17.8 Å². The molecule has 0 saturated heterocycles. The monoisotopic (exact) mass is 238 g/mol. The summed E-state index contributed by atoms with van der Waals surface area (Å²) in [7, 11) is 0. The second kappa shape index (κ2) is 5.52. The molecule has 0 bridgehead atoms. The minimum Gasteiger partial charge on any atom is -0.484 e. The largest absolute Gasteiger partial charge is 0.484 e. The maximum absolute atomic E-state index is 10.8. The first-order chi connectivity index (χ1) is 7.90. The lowest BCUT2D eigenvalue weighted by molar-refractivity contribution is -0.386. The van der Waals surface area contributed by atoms with E-state index in [0.29, 0.717) is 5.75 Å². The van der Waals surface area contributed by atoms with Crippen molar-refractivity contribution in [2.45, 2.75) is 39.8 Å². The first-order valence-corrected chi connectivity index (χ1v) is 5.61. The zero-order valence-electron chi connectivity index (χ0n) is 10.6. The van der Waals surface area contributed by atoms with Gasteiger partial charge in [-0.05, 0) is 33.8 Å². The van der Waals surface area contributed by atoms with Crippen molar-refractivity contribution < 1.29 is 9.66 Å². The fourth-order valence-corrected chi connectivity index (χ4v) is 1.44. The Kier molecular flexibility index (Phi) is 4.31. The fourth-order valence-electron chi connectivity index (χ4n) is 1.44. The van der Waals surface area contributed by atoms with Crippen LogP contribution < -0.4 is 10.1 Å². The molecule has 17 heavy (non-hydrogen) atoms. The van der Waals surface area contributed by atoms with Gasteiger partial charge in [0.05, 0.1) is 11.0 Å². The smallest absolute Gasteiger partial charge is 0.311 e. The SMILES string of the molecule is CC(C)Nc1ccc([N+](=O)[O-])c(OC(C)C)c1. The summed E-state index contributed by atoms with van der Waals surface area (Å²) < 4.78 is 5.45. The van der Waals surface area contributed by atoms with Crippen molar-refractivity contribution in [3.05, 3.63) is 28.3 Å². The van der Waals surface area contributed by atoms with E-state index >= 15 is 0 Å². The maximum Gasteiger partial charge on any atom is 0.311 e. The van der Waals surface area contributed by atoms with Crippen LogP contribution in [-0.4, -0.2) is 17.1 Å². The molecule has 1 rings (SSSR count). The van der Waals surface area contributed by atoms with Crippen molar-refractivity contribution in [1.29, 1.82) is 0 Å². The fraction of sp³-hybridized carbons (Fsp3) is 0.500. The lowest BCUT2D eigenvalue weighted by Crippen LogP contribution is -2.11. The normalized spacial score (nSPS) is 10.7. The van der Waals surface area contributed by atoms with Crippen LogP contribution >= 0.6 is 0 Å². The first kappa shape index (κ1) is 13.3. The summed E-state index contributed by atoms with van der Waals surface area (Å²) in [6.07, 6.45) is -0.0944. The number of benzene rings is 1. The molecule has 0 fully saturated rings. The molecule has 1 N–H and O–H groups in total. The van der Waals surface area contributed by atoms with Crippen LogP contribution in [0.1, 0.15) is 27.7 Å². The number of rotatable bonds is 5. The first-order valence-electron chi connectivity index (χ1n) is 5.61.